The van der Waals surface area contributed by atoms with Crippen LogP contribution in [-0.2, 0) is 0 Å². The molecule has 2 aromatic rings. The Bertz CT molecular complexity index is 653. The molecule has 0 aromatic heterocycles. The van der Waals surface area contributed by atoms with E-state index in [2.05, 4.69) is 50.2 Å². The normalized spacial score (nSPS) is 16.1. The molecule has 1 aliphatic carbocycles. The second-order valence-corrected chi connectivity index (χ2v) is 7.40. The van der Waals surface area contributed by atoms with E-state index in [1.807, 2.05) is 12.1 Å². The number of aromatic hydroxyl groups is 1. The summed E-state index contributed by atoms with van der Waals surface area (Å²) in [7, 11) is 0. The molecule has 1 heteroatoms. The van der Waals surface area contributed by atoms with E-state index in [-0.39, 0.29) is 0 Å². The summed E-state index contributed by atoms with van der Waals surface area (Å²) in [5, 5.41) is 9.72. The average molecular weight is 335 g/mol. The van der Waals surface area contributed by atoms with Crippen LogP contribution in [0.5, 0.6) is 5.75 Å². The molecule has 25 heavy (non-hydrogen) atoms. The van der Waals surface area contributed by atoms with Crippen LogP contribution in [0.15, 0.2) is 54.1 Å². The number of allylic oxidation sites excluding steroid dienone is 1. The molecule has 0 bridgehead atoms. The molecule has 0 saturated heterocycles. The average Bonchev–Trinajstić information content (AvgIpc) is 3.15. The zero-order valence-corrected chi connectivity index (χ0v) is 15.6. The Labute approximate surface area is 152 Å². The van der Waals surface area contributed by atoms with Gasteiger partial charge in [-0.15, -0.1) is 0 Å². The van der Waals surface area contributed by atoms with Gasteiger partial charge in [0.1, 0.15) is 5.75 Å². The zero-order chi connectivity index (χ0) is 17.6. The minimum Gasteiger partial charge on any atom is -0.508 e. The molecule has 0 amide bonds. The molecule has 0 radical (unpaired) electrons. The van der Waals surface area contributed by atoms with Gasteiger partial charge in [0.25, 0.3) is 0 Å². The molecule has 0 aliphatic heterocycles. The highest BCUT2D eigenvalue weighted by molar-refractivity contribution is 5.82. The summed E-state index contributed by atoms with van der Waals surface area (Å²) in [5.74, 6) is 1.06. The lowest BCUT2D eigenvalue weighted by Gasteiger charge is -2.22. The van der Waals surface area contributed by atoms with E-state index < -0.39 is 0 Å². The van der Waals surface area contributed by atoms with Gasteiger partial charge in [0.05, 0.1) is 0 Å². The second-order valence-electron chi connectivity index (χ2n) is 7.40. The quantitative estimate of drug-likeness (QED) is 0.610. The Morgan fingerprint density at radius 3 is 2.04 bits per heavy atom. The molecule has 0 atom stereocenters. The number of hydrogen-bond acceptors (Lipinski definition) is 1. The Kier molecular flexibility index (Phi) is 5.96. The van der Waals surface area contributed by atoms with Crippen molar-refractivity contribution in [2.45, 2.75) is 58.8 Å². The van der Waals surface area contributed by atoms with Gasteiger partial charge in [0.2, 0.25) is 0 Å². The van der Waals surface area contributed by atoms with Gasteiger partial charge < -0.3 is 5.11 Å². The number of aryl methyl sites for hydroxylation is 1. The van der Waals surface area contributed by atoms with Crippen LogP contribution < -0.4 is 0 Å². The summed E-state index contributed by atoms with van der Waals surface area (Å²) in [6.45, 7) is 4.42. The minimum absolute atomic E-state index is 0.336. The van der Waals surface area contributed by atoms with Crippen LogP contribution in [0.25, 0.3) is 5.57 Å². The van der Waals surface area contributed by atoms with Crippen LogP contribution in [0.1, 0.15) is 68.6 Å². The first-order valence-corrected chi connectivity index (χ1v) is 9.78. The summed E-state index contributed by atoms with van der Waals surface area (Å²) < 4.78 is 0. The molecule has 0 spiro atoms. The van der Waals surface area contributed by atoms with Crippen molar-refractivity contribution in [3.63, 3.8) is 0 Å². The smallest absolute Gasteiger partial charge is 0.115 e. The first kappa shape index (κ1) is 17.8. The molecule has 1 fully saturated rings. The zero-order valence-electron chi connectivity index (χ0n) is 15.6. The number of phenols is 1. The fourth-order valence-electron chi connectivity index (χ4n) is 4.06. The molecular weight excluding hydrogens is 304 g/mol. The highest BCUT2D eigenvalue weighted by Crippen LogP contribution is 2.40. The van der Waals surface area contributed by atoms with Crippen molar-refractivity contribution in [1.82, 2.24) is 0 Å². The van der Waals surface area contributed by atoms with Crippen LogP contribution in [-0.4, -0.2) is 5.11 Å². The number of benzene rings is 2. The standard InChI is InChI=1S/C24H30O/c1-3-4-9-23(19-7-5-6-8-19)24(20-12-10-18(2)11-13-20)21-14-16-22(25)17-15-21/h10-17,19,25H,3-9H2,1-2H3/b24-23+. The summed E-state index contributed by atoms with van der Waals surface area (Å²) in [6, 6.07) is 16.7. The third-order valence-corrected chi connectivity index (χ3v) is 5.46. The van der Waals surface area contributed by atoms with Gasteiger partial charge in [-0.25, -0.2) is 0 Å². The Morgan fingerprint density at radius 1 is 0.920 bits per heavy atom. The molecule has 3 rings (SSSR count). The lowest BCUT2D eigenvalue weighted by Crippen LogP contribution is -2.05. The third kappa shape index (κ3) is 4.34. The van der Waals surface area contributed by atoms with Crippen molar-refractivity contribution in [2.24, 2.45) is 5.92 Å². The van der Waals surface area contributed by atoms with E-state index in [0.717, 1.165) is 5.92 Å². The monoisotopic (exact) mass is 334 g/mol. The van der Waals surface area contributed by atoms with E-state index in [1.54, 1.807) is 5.57 Å². The van der Waals surface area contributed by atoms with Gasteiger partial charge in [-0.3, -0.25) is 0 Å². The number of unbranched alkanes of at least 4 members (excludes halogenated alkanes) is 1. The molecule has 0 heterocycles. The maximum absolute atomic E-state index is 9.72. The highest BCUT2D eigenvalue weighted by atomic mass is 16.3. The van der Waals surface area contributed by atoms with E-state index in [9.17, 15) is 5.11 Å². The number of hydrogen-bond donors (Lipinski definition) is 1. The van der Waals surface area contributed by atoms with Crippen molar-refractivity contribution in [3.05, 3.63) is 70.8 Å². The molecule has 1 aliphatic rings. The molecule has 2 aromatic carbocycles. The predicted molar refractivity (Wildman–Crippen MR) is 107 cm³/mol. The fourth-order valence-corrected chi connectivity index (χ4v) is 4.06. The van der Waals surface area contributed by atoms with Crippen LogP contribution in [0, 0.1) is 12.8 Å². The van der Waals surface area contributed by atoms with Crippen molar-refractivity contribution < 1.29 is 5.11 Å². The molecular formula is C24H30O. The SMILES string of the molecule is CCCC/C(=C(/c1ccc(C)cc1)c1ccc(O)cc1)C1CCCC1. The largest absolute Gasteiger partial charge is 0.508 e. The van der Waals surface area contributed by atoms with E-state index >= 15 is 0 Å². The Balaban J connectivity index is 2.14. The lowest BCUT2D eigenvalue weighted by atomic mass is 9.83. The number of rotatable bonds is 6. The Morgan fingerprint density at radius 2 is 1.48 bits per heavy atom. The summed E-state index contributed by atoms with van der Waals surface area (Å²) in [5.41, 5.74) is 6.88. The van der Waals surface area contributed by atoms with Crippen molar-refractivity contribution >= 4 is 5.57 Å². The minimum atomic E-state index is 0.336. The van der Waals surface area contributed by atoms with Gasteiger partial charge in [-0.1, -0.05) is 73.7 Å². The van der Waals surface area contributed by atoms with Gasteiger partial charge in [-0.2, -0.15) is 0 Å². The van der Waals surface area contributed by atoms with E-state index in [0.29, 0.717) is 5.75 Å². The third-order valence-electron chi connectivity index (χ3n) is 5.46. The summed E-state index contributed by atoms with van der Waals surface area (Å²) in [6.07, 6.45) is 9.03. The molecule has 1 N–H and O–H groups in total. The Hall–Kier alpha value is -2.02. The van der Waals surface area contributed by atoms with Crippen molar-refractivity contribution in [1.29, 1.82) is 0 Å². The lowest BCUT2D eigenvalue weighted by molar-refractivity contribution is 0.475. The predicted octanol–water partition coefficient (Wildman–Crippen LogP) is 6.88. The van der Waals surface area contributed by atoms with Crippen LogP contribution in [0.2, 0.25) is 0 Å². The maximum atomic E-state index is 9.72. The maximum Gasteiger partial charge on any atom is 0.115 e. The van der Waals surface area contributed by atoms with Crippen LogP contribution in [0.4, 0.5) is 0 Å². The van der Waals surface area contributed by atoms with Crippen molar-refractivity contribution in [3.8, 4) is 5.75 Å². The second kappa shape index (κ2) is 8.38. The molecule has 1 nitrogen and oxygen atoms in total. The summed E-state index contributed by atoms with van der Waals surface area (Å²) in [4.78, 5) is 0. The summed E-state index contributed by atoms with van der Waals surface area (Å²) >= 11 is 0. The molecule has 132 valence electrons. The van der Waals surface area contributed by atoms with Gasteiger partial charge in [0.15, 0.2) is 0 Å². The van der Waals surface area contributed by atoms with Gasteiger partial charge in [-0.05, 0) is 67.4 Å². The van der Waals surface area contributed by atoms with Gasteiger partial charge in [0, 0.05) is 0 Å². The van der Waals surface area contributed by atoms with E-state index in [1.165, 1.54) is 67.2 Å². The first-order valence-electron chi connectivity index (χ1n) is 9.78. The topological polar surface area (TPSA) is 20.2 Å². The fraction of sp³-hybridized carbons (Fsp3) is 0.417. The van der Waals surface area contributed by atoms with Crippen molar-refractivity contribution in [2.75, 3.05) is 0 Å². The highest BCUT2D eigenvalue weighted by Gasteiger charge is 2.23. The molecule has 1 saturated carbocycles. The first-order chi connectivity index (χ1) is 12.2. The van der Waals surface area contributed by atoms with Gasteiger partial charge >= 0.3 is 0 Å². The van der Waals surface area contributed by atoms with E-state index in [4.69, 9.17) is 0 Å². The van der Waals surface area contributed by atoms with Crippen LogP contribution in [0.3, 0.4) is 0 Å². The van der Waals surface area contributed by atoms with Crippen LogP contribution >= 0.6 is 0 Å². The number of phenolic OH excluding ortho intramolecular Hbond substituents is 1. The molecule has 0 unspecified atom stereocenters.